The molecule has 0 bridgehead atoms. The zero-order valence-electron chi connectivity index (χ0n) is 14.8. The van der Waals surface area contributed by atoms with Crippen LogP contribution in [0.3, 0.4) is 0 Å². The van der Waals surface area contributed by atoms with Gasteiger partial charge in [-0.2, -0.15) is 5.10 Å². The predicted molar refractivity (Wildman–Crippen MR) is 94.6 cm³/mol. The number of rotatable bonds is 2. The van der Waals surface area contributed by atoms with Crippen LogP contribution in [0.25, 0.3) is 17.1 Å². The SMILES string of the molecule is C=Cc1nn(C)c2nc(C)nc(N3CCC[C@](C)(O)C3)c12.CC. The smallest absolute Gasteiger partial charge is 0.164 e. The molecule has 3 rings (SSSR count). The van der Waals surface area contributed by atoms with E-state index in [4.69, 9.17) is 0 Å². The molecule has 1 saturated heterocycles. The molecule has 23 heavy (non-hydrogen) atoms. The molecule has 6 heteroatoms. The van der Waals surface area contributed by atoms with Crippen molar-refractivity contribution in [2.45, 2.75) is 46.1 Å². The number of nitrogens with zero attached hydrogens (tertiary/aromatic N) is 5. The van der Waals surface area contributed by atoms with Gasteiger partial charge in [-0.15, -0.1) is 0 Å². The first-order chi connectivity index (χ1) is 10.9. The first-order valence-electron chi connectivity index (χ1n) is 8.22. The molecule has 2 aromatic heterocycles. The van der Waals surface area contributed by atoms with Gasteiger partial charge in [0.1, 0.15) is 11.6 Å². The van der Waals surface area contributed by atoms with Gasteiger partial charge in [-0.05, 0) is 32.8 Å². The van der Waals surface area contributed by atoms with E-state index >= 15 is 0 Å². The van der Waals surface area contributed by atoms with Gasteiger partial charge >= 0.3 is 0 Å². The van der Waals surface area contributed by atoms with E-state index in [0.717, 1.165) is 41.9 Å². The topological polar surface area (TPSA) is 67.1 Å². The van der Waals surface area contributed by atoms with E-state index in [1.807, 2.05) is 34.7 Å². The van der Waals surface area contributed by atoms with Crippen molar-refractivity contribution < 1.29 is 5.11 Å². The molecule has 0 radical (unpaired) electrons. The maximum absolute atomic E-state index is 10.4. The summed E-state index contributed by atoms with van der Waals surface area (Å²) < 4.78 is 1.76. The summed E-state index contributed by atoms with van der Waals surface area (Å²) in [6, 6.07) is 0. The third-order valence-corrected chi connectivity index (χ3v) is 3.97. The van der Waals surface area contributed by atoms with Crippen LogP contribution in [-0.2, 0) is 7.05 Å². The summed E-state index contributed by atoms with van der Waals surface area (Å²) in [6.45, 7) is 13.0. The Bertz CT molecular complexity index is 705. The minimum absolute atomic E-state index is 0.573. The molecule has 0 amide bonds. The van der Waals surface area contributed by atoms with E-state index in [1.165, 1.54) is 0 Å². The first-order valence-corrected chi connectivity index (χ1v) is 8.22. The third kappa shape index (κ3) is 3.37. The summed E-state index contributed by atoms with van der Waals surface area (Å²) in [4.78, 5) is 11.2. The highest BCUT2D eigenvalue weighted by Crippen LogP contribution is 2.31. The number of aromatic nitrogens is 4. The molecule has 2 aromatic rings. The fraction of sp³-hybridized carbons (Fsp3) is 0.588. The zero-order chi connectivity index (χ0) is 17.2. The average Bonchev–Trinajstić information content (AvgIpc) is 2.84. The van der Waals surface area contributed by atoms with E-state index in [-0.39, 0.29) is 0 Å². The van der Waals surface area contributed by atoms with Crippen molar-refractivity contribution in [2.24, 2.45) is 7.05 Å². The Morgan fingerprint density at radius 2 is 2.00 bits per heavy atom. The van der Waals surface area contributed by atoms with Crippen LogP contribution in [0.2, 0.25) is 0 Å². The summed E-state index contributed by atoms with van der Waals surface area (Å²) in [5, 5.41) is 15.7. The van der Waals surface area contributed by atoms with E-state index in [1.54, 1.807) is 10.8 Å². The third-order valence-electron chi connectivity index (χ3n) is 3.97. The van der Waals surface area contributed by atoms with E-state index < -0.39 is 5.60 Å². The molecule has 0 saturated carbocycles. The lowest BCUT2D eigenvalue weighted by Crippen LogP contribution is -2.46. The van der Waals surface area contributed by atoms with Crippen molar-refractivity contribution in [3.63, 3.8) is 0 Å². The standard InChI is InChI=1S/C15H21N5O.C2H6/c1-5-11-12-13(19(4)18-11)16-10(2)17-14(12)20-8-6-7-15(3,21)9-20;1-2/h5,21H,1,6-9H2,2-4H3;1-2H3/t15-;/m0./s1. The van der Waals surface area contributed by atoms with Crippen LogP contribution in [-0.4, -0.2) is 43.5 Å². The van der Waals surface area contributed by atoms with Crippen LogP contribution >= 0.6 is 0 Å². The molecule has 0 aromatic carbocycles. The maximum Gasteiger partial charge on any atom is 0.164 e. The van der Waals surface area contributed by atoms with Crippen molar-refractivity contribution in [2.75, 3.05) is 18.0 Å². The van der Waals surface area contributed by atoms with Gasteiger partial charge < -0.3 is 10.0 Å². The second-order valence-corrected chi connectivity index (χ2v) is 6.03. The summed E-state index contributed by atoms with van der Waals surface area (Å²) in [6.07, 6.45) is 3.49. The number of anilines is 1. The number of aryl methyl sites for hydroxylation is 2. The van der Waals surface area contributed by atoms with Crippen LogP contribution in [0.4, 0.5) is 5.82 Å². The number of hydrogen-bond acceptors (Lipinski definition) is 5. The largest absolute Gasteiger partial charge is 0.388 e. The summed E-state index contributed by atoms with van der Waals surface area (Å²) in [7, 11) is 1.87. The Morgan fingerprint density at radius 1 is 1.30 bits per heavy atom. The van der Waals surface area contributed by atoms with Gasteiger partial charge in [0.25, 0.3) is 0 Å². The van der Waals surface area contributed by atoms with Crippen molar-refractivity contribution >= 4 is 22.9 Å². The van der Waals surface area contributed by atoms with Crippen LogP contribution < -0.4 is 4.90 Å². The minimum atomic E-state index is -0.681. The van der Waals surface area contributed by atoms with Gasteiger partial charge in [-0.3, -0.25) is 0 Å². The predicted octanol–water partition coefficient (Wildman–Crippen LogP) is 2.69. The zero-order valence-corrected chi connectivity index (χ0v) is 14.8. The fourth-order valence-corrected chi connectivity index (χ4v) is 3.04. The summed E-state index contributed by atoms with van der Waals surface area (Å²) in [5.41, 5.74) is 0.908. The van der Waals surface area contributed by atoms with Gasteiger partial charge in [0.15, 0.2) is 5.65 Å². The van der Waals surface area contributed by atoms with Crippen LogP contribution in [0.1, 0.15) is 45.1 Å². The highest BCUT2D eigenvalue weighted by molar-refractivity contribution is 5.94. The highest BCUT2D eigenvalue weighted by Gasteiger charge is 2.31. The van der Waals surface area contributed by atoms with Crippen LogP contribution in [0.15, 0.2) is 6.58 Å². The fourth-order valence-electron chi connectivity index (χ4n) is 3.04. The van der Waals surface area contributed by atoms with Gasteiger partial charge in [0.2, 0.25) is 0 Å². The maximum atomic E-state index is 10.4. The van der Waals surface area contributed by atoms with E-state index in [0.29, 0.717) is 12.4 Å². The quantitative estimate of drug-likeness (QED) is 0.922. The normalized spacial score (nSPS) is 21.0. The Morgan fingerprint density at radius 3 is 2.61 bits per heavy atom. The number of hydrogen-bond donors (Lipinski definition) is 1. The summed E-state index contributed by atoms with van der Waals surface area (Å²) >= 11 is 0. The molecule has 1 fully saturated rings. The molecule has 0 spiro atoms. The summed E-state index contributed by atoms with van der Waals surface area (Å²) in [5.74, 6) is 1.56. The van der Waals surface area contributed by atoms with Crippen molar-refractivity contribution in [3.05, 3.63) is 18.1 Å². The molecular formula is C17H27N5O. The minimum Gasteiger partial charge on any atom is -0.388 e. The molecule has 6 nitrogen and oxygen atoms in total. The monoisotopic (exact) mass is 317 g/mol. The van der Waals surface area contributed by atoms with Gasteiger partial charge in [0, 0.05) is 20.1 Å². The van der Waals surface area contributed by atoms with Gasteiger partial charge in [-0.1, -0.05) is 20.4 Å². The molecule has 1 aliphatic rings. The Hall–Kier alpha value is -1.95. The molecule has 0 aliphatic carbocycles. The lowest BCUT2D eigenvalue weighted by atomic mass is 9.95. The Kier molecular flexibility index (Phi) is 5.04. The Balaban J connectivity index is 0.000000924. The molecule has 0 unspecified atom stereocenters. The average molecular weight is 317 g/mol. The van der Waals surface area contributed by atoms with Crippen molar-refractivity contribution in [1.82, 2.24) is 19.7 Å². The lowest BCUT2D eigenvalue weighted by molar-refractivity contribution is 0.0448. The van der Waals surface area contributed by atoms with E-state index in [9.17, 15) is 5.11 Å². The highest BCUT2D eigenvalue weighted by atomic mass is 16.3. The number of fused-ring (bicyclic) bond motifs is 1. The molecule has 1 atom stereocenters. The van der Waals surface area contributed by atoms with Crippen molar-refractivity contribution in [3.8, 4) is 0 Å². The second kappa shape index (κ2) is 6.66. The lowest BCUT2D eigenvalue weighted by Gasteiger charge is -2.37. The molecule has 3 heterocycles. The second-order valence-electron chi connectivity index (χ2n) is 6.03. The molecule has 126 valence electrons. The van der Waals surface area contributed by atoms with E-state index in [2.05, 4.69) is 26.5 Å². The molecule has 1 N–H and O–H groups in total. The van der Waals surface area contributed by atoms with Crippen LogP contribution in [0, 0.1) is 6.92 Å². The number of β-amino-alcohol motifs (C(OH)–C–C–N with tert-alkyl or cyclic N) is 1. The molecular weight excluding hydrogens is 290 g/mol. The van der Waals surface area contributed by atoms with Gasteiger partial charge in [-0.25, -0.2) is 14.6 Å². The van der Waals surface area contributed by atoms with Crippen molar-refractivity contribution in [1.29, 1.82) is 0 Å². The van der Waals surface area contributed by atoms with Crippen LogP contribution in [0.5, 0.6) is 0 Å². The number of piperidine rings is 1. The Labute approximate surface area is 137 Å². The molecule has 1 aliphatic heterocycles. The number of aliphatic hydroxyl groups is 1. The first kappa shape index (κ1) is 17.4. The van der Waals surface area contributed by atoms with Gasteiger partial charge in [0.05, 0.1) is 16.7 Å².